The van der Waals surface area contributed by atoms with E-state index in [0.29, 0.717) is 23.7 Å². The molecule has 0 bridgehead atoms. The molecular weight excluding hydrogens is 432 g/mol. The van der Waals surface area contributed by atoms with Gasteiger partial charge < -0.3 is 14.4 Å². The van der Waals surface area contributed by atoms with Crippen LogP contribution in [0.4, 0.5) is 0 Å². The third-order valence-corrected chi connectivity index (χ3v) is 5.48. The molecule has 0 spiro atoms. The molecular formula is C20H22BrClN2O3. The number of benzene rings is 2. The summed E-state index contributed by atoms with van der Waals surface area (Å²) in [6.45, 7) is 3.79. The summed E-state index contributed by atoms with van der Waals surface area (Å²) < 4.78 is 11.5. The van der Waals surface area contributed by atoms with Crippen molar-refractivity contribution in [2.75, 3.05) is 40.4 Å². The summed E-state index contributed by atoms with van der Waals surface area (Å²) in [5, 5.41) is 0.474. The van der Waals surface area contributed by atoms with E-state index < -0.39 is 0 Å². The summed E-state index contributed by atoms with van der Waals surface area (Å²) in [4.78, 5) is 16.9. The minimum atomic E-state index is -0.0155. The van der Waals surface area contributed by atoms with E-state index in [2.05, 4.69) is 20.8 Å². The number of rotatable bonds is 5. The highest BCUT2D eigenvalue weighted by molar-refractivity contribution is 9.10. The molecule has 1 fully saturated rings. The van der Waals surface area contributed by atoms with Gasteiger partial charge in [0.15, 0.2) is 11.5 Å². The Morgan fingerprint density at radius 2 is 1.74 bits per heavy atom. The van der Waals surface area contributed by atoms with E-state index in [1.165, 1.54) is 0 Å². The number of carbonyl (C=O) groups is 1. The maximum Gasteiger partial charge on any atom is 0.255 e. The van der Waals surface area contributed by atoms with Crippen LogP contribution in [0.25, 0.3) is 0 Å². The maximum atomic E-state index is 12.7. The molecule has 0 aliphatic carbocycles. The predicted molar refractivity (Wildman–Crippen MR) is 110 cm³/mol. The molecule has 0 saturated carbocycles. The SMILES string of the molecule is COc1ccc(CN2CCN(C(=O)c3ccc(Br)cc3Cl)CC2)cc1OC. The van der Waals surface area contributed by atoms with E-state index in [4.69, 9.17) is 21.1 Å². The summed E-state index contributed by atoms with van der Waals surface area (Å²) in [7, 11) is 3.27. The first-order valence-corrected chi connectivity index (χ1v) is 9.86. The Labute approximate surface area is 172 Å². The Morgan fingerprint density at radius 3 is 2.37 bits per heavy atom. The number of hydrogen-bond donors (Lipinski definition) is 0. The van der Waals surface area contributed by atoms with Crippen molar-refractivity contribution < 1.29 is 14.3 Å². The van der Waals surface area contributed by atoms with Crippen molar-refractivity contribution in [3.8, 4) is 11.5 Å². The number of hydrogen-bond acceptors (Lipinski definition) is 4. The van der Waals surface area contributed by atoms with Gasteiger partial charge in [0.05, 0.1) is 24.8 Å². The number of nitrogens with zero attached hydrogens (tertiary/aromatic N) is 2. The molecule has 1 saturated heterocycles. The fourth-order valence-corrected chi connectivity index (χ4v) is 3.93. The number of carbonyl (C=O) groups excluding carboxylic acids is 1. The molecule has 2 aromatic rings. The van der Waals surface area contributed by atoms with Crippen LogP contribution in [-0.4, -0.2) is 56.1 Å². The predicted octanol–water partition coefficient (Wildman–Crippen LogP) is 4.08. The number of halogens is 2. The number of amides is 1. The van der Waals surface area contributed by atoms with Crippen LogP contribution in [0, 0.1) is 0 Å². The Balaban J connectivity index is 1.59. The van der Waals surface area contributed by atoms with Gasteiger partial charge in [-0.05, 0) is 35.9 Å². The number of piperazine rings is 1. The maximum absolute atomic E-state index is 12.7. The Hall–Kier alpha value is -1.76. The molecule has 0 atom stereocenters. The zero-order valence-electron chi connectivity index (χ0n) is 15.4. The van der Waals surface area contributed by atoms with E-state index in [-0.39, 0.29) is 5.91 Å². The lowest BCUT2D eigenvalue weighted by Gasteiger charge is -2.35. The van der Waals surface area contributed by atoms with Crippen LogP contribution in [0.5, 0.6) is 11.5 Å². The van der Waals surface area contributed by atoms with Gasteiger partial charge in [0.1, 0.15) is 0 Å². The minimum Gasteiger partial charge on any atom is -0.493 e. The molecule has 1 amide bonds. The van der Waals surface area contributed by atoms with Crippen LogP contribution in [0.3, 0.4) is 0 Å². The lowest BCUT2D eigenvalue weighted by Crippen LogP contribution is -2.48. The third kappa shape index (κ3) is 4.75. The van der Waals surface area contributed by atoms with Crippen LogP contribution in [-0.2, 0) is 6.54 Å². The molecule has 1 aliphatic heterocycles. The van der Waals surface area contributed by atoms with E-state index in [9.17, 15) is 4.79 Å². The normalized spacial score (nSPS) is 14.9. The van der Waals surface area contributed by atoms with Gasteiger partial charge in [-0.15, -0.1) is 0 Å². The van der Waals surface area contributed by atoms with Crippen molar-refractivity contribution in [2.24, 2.45) is 0 Å². The average molecular weight is 454 g/mol. The summed E-state index contributed by atoms with van der Waals surface area (Å²) in [6.07, 6.45) is 0. The Morgan fingerprint density at radius 1 is 1.04 bits per heavy atom. The summed E-state index contributed by atoms with van der Waals surface area (Å²) in [6, 6.07) is 11.3. The van der Waals surface area contributed by atoms with Crippen molar-refractivity contribution >= 4 is 33.4 Å². The van der Waals surface area contributed by atoms with Crippen molar-refractivity contribution in [3.63, 3.8) is 0 Å². The van der Waals surface area contributed by atoms with Crippen molar-refractivity contribution in [3.05, 3.63) is 57.0 Å². The third-order valence-electron chi connectivity index (χ3n) is 4.68. The van der Waals surface area contributed by atoms with Gasteiger partial charge >= 0.3 is 0 Å². The standard InChI is InChI=1S/C20H22BrClN2O3/c1-26-18-6-3-14(11-19(18)27-2)13-23-7-9-24(10-8-23)20(25)16-5-4-15(21)12-17(16)22/h3-6,11-12H,7-10,13H2,1-2H3. The van der Waals surface area contributed by atoms with Gasteiger partial charge in [0.2, 0.25) is 0 Å². The molecule has 1 aliphatic rings. The molecule has 5 nitrogen and oxygen atoms in total. The molecule has 0 aromatic heterocycles. The van der Waals surface area contributed by atoms with E-state index in [0.717, 1.165) is 41.2 Å². The molecule has 0 N–H and O–H groups in total. The van der Waals surface area contributed by atoms with Gasteiger partial charge in [0, 0.05) is 37.2 Å². The van der Waals surface area contributed by atoms with Crippen molar-refractivity contribution in [2.45, 2.75) is 6.54 Å². The second-order valence-electron chi connectivity index (χ2n) is 6.38. The fraction of sp³-hybridized carbons (Fsp3) is 0.350. The van der Waals surface area contributed by atoms with Gasteiger partial charge in [-0.1, -0.05) is 33.6 Å². The Kier molecular flexibility index (Phi) is 6.63. The van der Waals surface area contributed by atoms with Crippen LogP contribution >= 0.6 is 27.5 Å². The monoisotopic (exact) mass is 452 g/mol. The topological polar surface area (TPSA) is 42.0 Å². The first kappa shape index (κ1) is 20.0. The highest BCUT2D eigenvalue weighted by Gasteiger charge is 2.23. The smallest absolute Gasteiger partial charge is 0.255 e. The van der Waals surface area contributed by atoms with Crippen molar-refractivity contribution in [1.29, 1.82) is 0 Å². The molecule has 7 heteroatoms. The Bertz CT molecular complexity index is 823. The summed E-state index contributed by atoms with van der Waals surface area (Å²) in [5.41, 5.74) is 1.71. The number of methoxy groups -OCH3 is 2. The average Bonchev–Trinajstić information content (AvgIpc) is 2.68. The zero-order valence-corrected chi connectivity index (χ0v) is 17.7. The van der Waals surface area contributed by atoms with E-state index >= 15 is 0 Å². The molecule has 144 valence electrons. The molecule has 3 rings (SSSR count). The van der Waals surface area contributed by atoms with Gasteiger partial charge in [-0.3, -0.25) is 9.69 Å². The van der Waals surface area contributed by atoms with Crippen LogP contribution in [0.2, 0.25) is 5.02 Å². The van der Waals surface area contributed by atoms with Crippen LogP contribution in [0.15, 0.2) is 40.9 Å². The van der Waals surface area contributed by atoms with Crippen LogP contribution < -0.4 is 9.47 Å². The zero-order chi connectivity index (χ0) is 19.4. The second-order valence-corrected chi connectivity index (χ2v) is 7.70. The lowest BCUT2D eigenvalue weighted by molar-refractivity contribution is 0.0628. The summed E-state index contributed by atoms with van der Waals surface area (Å²) >= 11 is 9.59. The molecule has 1 heterocycles. The molecule has 2 aromatic carbocycles. The highest BCUT2D eigenvalue weighted by Crippen LogP contribution is 2.28. The van der Waals surface area contributed by atoms with Gasteiger partial charge in [0.25, 0.3) is 5.91 Å². The van der Waals surface area contributed by atoms with E-state index in [1.54, 1.807) is 26.4 Å². The van der Waals surface area contributed by atoms with Gasteiger partial charge in [-0.2, -0.15) is 0 Å². The largest absolute Gasteiger partial charge is 0.493 e. The van der Waals surface area contributed by atoms with Gasteiger partial charge in [-0.25, -0.2) is 0 Å². The fourth-order valence-electron chi connectivity index (χ4n) is 3.18. The molecule has 0 radical (unpaired) electrons. The quantitative estimate of drug-likeness (QED) is 0.684. The number of ether oxygens (including phenoxy) is 2. The second kappa shape index (κ2) is 8.95. The first-order chi connectivity index (χ1) is 13.0. The highest BCUT2D eigenvalue weighted by atomic mass is 79.9. The van der Waals surface area contributed by atoms with E-state index in [1.807, 2.05) is 29.2 Å². The van der Waals surface area contributed by atoms with Crippen molar-refractivity contribution in [1.82, 2.24) is 9.80 Å². The minimum absolute atomic E-state index is 0.0155. The van der Waals surface area contributed by atoms with Crippen LogP contribution in [0.1, 0.15) is 15.9 Å². The first-order valence-electron chi connectivity index (χ1n) is 8.69. The molecule has 0 unspecified atom stereocenters. The molecule has 27 heavy (non-hydrogen) atoms. The summed E-state index contributed by atoms with van der Waals surface area (Å²) in [5.74, 6) is 1.44. The lowest BCUT2D eigenvalue weighted by atomic mass is 10.1.